The average Bonchev–Trinajstić information content (AvgIpc) is 3.09. The van der Waals surface area contributed by atoms with Crippen LogP contribution in [0.5, 0.6) is 28.7 Å². The van der Waals surface area contributed by atoms with E-state index in [0.717, 1.165) is 0 Å². The van der Waals surface area contributed by atoms with Gasteiger partial charge in [-0.2, -0.15) is 0 Å². The maximum Gasteiger partial charge on any atom is 0.203 e. The molecule has 0 radical (unpaired) electrons. The quantitative estimate of drug-likeness (QED) is 0.591. The van der Waals surface area contributed by atoms with Crippen LogP contribution in [0.4, 0.5) is 0 Å². The predicted octanol–water partition coefficient (Wildman–Crippen LogP) is 4.37. The third-order valence-corrected chi connectivity index (χ3v) is 5.51. The van der Waals surface area contributed by atoms with Gasteiger partial charge >= 0.3 is 0 Å². The zero-order valence-electron chi connectivity index (χ0n) is 18.3. The summed E-state index contributed by atoms with van der Waals surface area (Å²) in [6, 6.07) is 6.86. The highest BCUT2D eigenvalue weighted by molar-refractivity contribution is 5.90. The van der Waals surface area contributed by atoms with Crippen LogP contribution in [0.15, 0.2) is 28.7 Å². The Labute approximate surface area is 175 Å². The van der Waals surface area contributed by atoms with Crippen molar-refractivity contribution in [3.63, 3.8) is 0 Å². The number of phenols is 1. The first-order valence-electron chi connectivity index (χ1n) is 9.56. The van der Waals surface area contributed by atoms with Gasteiger partial charge in [-0.1, -0.05) is 13.8 Å². The van der Waals surface area contributed by atoms with Gasteiger partial charge in [-0.05, 0) is 42.7 Å². The molecule has 1 heterocycles. The van der Waals surface area contributed by atoms with Gasteiger partial charge in [0, 0.05) is 10.9 Å². The molecule has 162 valence electrons. The highest BCUT2D eigenvalue weighted by atomic mass is 16.5. The molecule has 1 aromatic heterocycles. The number of benzene rings is 2. The SMILES string of the molecule is COc1cc(C(O)(c2c(C)oc3c(O)c(OC)ccc23)C(C)C)cc(OC)c1OC. The van der Waals surface area contributed by atoms with E-state index in [1.807, 2.05) is 13.8 Å². The van der Waals surface area contributed by atoms with Crippen LogP contribution in [-0.2, 0) is 5.60 Å². The van der Waals surface area contributed by atoms with Crippen LogP contribution in [0.1, 0.15) is 30.7 Å². The van der Waals surface area contributed by atoms with Gasteiger partial charge < -0.3 is 33.6 Å². The molecule has 0 saturated carbocycles. The Morgan fingerprint density at radius 2 is 1.47 bits per heavy atom. The highest BCUT2D eigenvalue weighted by Crippen LogP contribution is 2.49. The van der Waals surface area contributed by atoms with E-state index in [-0.39, 0.29) is 17.3 Å². The van der Waals surface area contributed by atoms with E-state index in [1.54, 1.807) is 31.2 Å². The topological polar surface area (TPSA) is 90.5 Å². The second-order valence-electron chi connectivity index (χ2n) is 7.36. The number of rotatable bonds is 7. The molecule has 1 atom stereocenters. The second-order valence-corrected chi connectivity index (χ2v) is 7.36. The summed E-state index contributed by atoms with van der Waals surface area (Å²) in [6.07, 6.45) is 0. The van der Waals surface area contributed by atoms with Crippen LogP contribution in [0, 0.1) is 12.8 Å². The van der Waals surface area contributed by atoms with Crippen LogP contribution in [0.3, 0.4) is 0 Å². The molecule has 0 aliphatic carbocycles. The molecule has 1 unspecified atom stereocenters. The predicted molar refractivity (Wildman–Crippen MR) is 113 cm³/mol. The van der Waals surface area contributed by atoms with Gasteiger partial charge in [0.2, 0.25) is 11.5 Å². The first-order chi connectivity index (χ1) is 14.2. The molecule has 7 nitrogen and oxygen atoms in total. The summed E-state index contributed by atoms with van der Waals surface area (Å²) in [5.74, 6) is 1.71. The smallest absolute Gasteiger partial charge is 0.203 e. The molecule has 0 saturated heterocycles. The van der Waals surface area contributed by atoms with Crippen LogP contribution < -0.4 is 18.9 Å². The number of hydrogen-bond acceptors (Lipinski definition) is 7. The standard InChI is InChI=1S/C23H28O7/c1-12(2)23(25,14-10-17(27-5)22(29-7)18(11-14)28-6)19-13(3)30-21-15(19)8-9-16(26-4)20(21)24/h8-12,24-25H,1-7H3. The molecular formula is C23H28O7. The van der Waals surface area contributed by atoms with Gasteiger partial charge in [-0.3, -0.25) is 0 Å². The molecular weight excluding hydrogens is 388 g/mol. The second kappa shape index (κ2) is 7.99. The van der Waals surface area contributed by atoms with Crippen molar-refractivity contribution in [1.29, 1.82) is 0 Å². The van der Waals surface area contributed by atoms with E-state index >= 15 is 0 Å². The monoisotopic (exact) mass is 416 g/mol. The van der Waals surface area contributed by atoms with Gasteiger partial charge in [0.15, 0.2) is 22.8 Å². The number of methoxy groups -OCH3 is 4. The van der Waals surface area contributed by atoms with Crippen molar-refractivity contribution in [1.82, 2.24) is 0 Å². The number of ether oxygens (including phenoxy) is 4. The van der Waals surface area contributed by atoms with Crippen molar-refractivity contribution in [2.75, 3.05) is 28.4 Å². The molecule has 0 bridgehead atoms. The van der Waals surface area contributed by atoms with E-state index in [9.17, 15) is 10.2 Å². The maximum atomic E-state index is 12.1. The Bertz CT molecular complexity index is 1040. The molecule has 0 amide bonds. The molecule has 0 spiro atoms. The summed E-state index contributed by atoms with van der Waals surface area (Å²) < 4.78 is 27.4. The molecule has 30 heavy (non-hydrogen) atoms. The van der Waals surface area contributed by atoms with E-state index in [1.165, 1.54) is 28.4 Å². The van der Waals surface area contributed by atoms with E-state index in [4.69, 9.17) is 23.4 Å². The van der Waals surface area contributed by atoms with Gasteiger partial charge in [-0.25, -0.2) is 0 Å². The number of phenolic OH excluding ortho intramolecular Hbond substituents is 1. The van der Waals surface area contributed by atoms with Crippen LogP contribution >= 0.6 is 0 Å². The van der Waals surface area contributed by atoms with Crippen molar-refractivity contribution >= 4 is 11.0 Å². The van der Waals surface area contributed by atoms with Crippen molar-refractivity contribution in [3.8, 4) is 28.7 Å². The van der Waals surface area contributed by atoms with Crippen molar-refractivity contribution in [2.45, 2.75) is 26.4 Å². The molecule has 2 aromatic carbocycles. The Kier molecular flexibility index (Phi) is 5.76. The minimum absolute atomic E-state index is 0.111. The fraction of sp³-hybridized carbons (Fsp3) is 0.391. The number of hydrogen-bond donors (Lipinski definition) is 2. The van der Waals surface area contributed by atoms with Gasteiger partial charge in [-0.15, -0.1) is 0 Å². The number of aromatic hydroxyl groups is 1. The van der Waals surface area contributed by atoms with E-state index in [0.29, 0.717) is 45.3 Å². The lowest BCUT2D eigenvalue weighted by Crippen LogP contribution is -2.34. The minimum Gasteiger partial charge on any atom is -0.502 e. The van der Waals surface area contributed by atoms with E-state index in [2.05, 4.69) is 0 Å². The Morgan fingerprint density at radius 3 is 1.93 bits per heavy atom. The van der Waals surface area contributed by atoms with Crippen LogP contribution in [-0.4, -0.2) is 38.7 Å². The third-order valence-electron chi connectivity index (χ3n) is 5.51. The first kappa shape index (κ1) is 21.6. The van der Waals surface area contributed by atoms with Crippen molar-refractivity contribution in [3.05, 3.63) is 41.2 Å². The fourth-order valence-corrected chi connectivity index (χ4v) is 3.95. The Hall–Kier alpha value is -3.06. The minimum atomic E-state index is -1.47. The van der Waals surface area contributed by atoms with Crippen LogP contribution in [0.2, 0.25) is 0 Å². The number of aliphatic hydroxyl groups is 1. The molecule has 0 fully saturated rings. The van der Waals surface area contributed by atoms with Gasteiger partial charge in [0.1, 0.15) is 11.4 Å². The molecule has 3 rings (SSSR count). The van der Waals surface area contributed by atoms with Crippen molar-refractivity contribution < 1.29 is 33.6 Å². The zero-order valence-corrected chi connectivity index (χ0v) is 18.3. The largest absolute Gasteiger partial charge is 0.502 e. The Balaban J connectivity index is 2.37. The van der Waals surface area contributed by atoms with E-state index < -0.39 is 5.60 Å². The zero-order chi connectivity index (χ0) is 22.2. The summed E-state index contributed by atoms with van der Waals surface area (Å²) in [4.78, 5) is 0. The molecule has 3 aromatic rings. The lowest BCUT2D eigenvalue weighted by Gasteiger charge is -2.34. The Morgan fingerprint density at radius 1 is 0.900 bits per heavy atom. The fourth-order valence-electron chi connectivity index (χ4n) is 3.95. The van der Waals surface area contributed by atoms with Gasteiger partial charge in [0.25, 0.3) is 0 Å². The summed E-state index contributed by atoms with van der Waals surface area (Å²) >= 11 is 0. The van der Waals surface area contributed by atoms with Crippen LogP contribution in [0.25, 0.3) is 11.0 Å². The first-order valence-corrected chi connectivity index (χ1v) is 9.56. The number of fused-ring (bicyclic) bond motifs is 1. The average molecular weight is 416 g/mol. The molecule has 2 N–H and O–H groups in total. The number of furan rings is 1. The maximum absolute atomic E-state index is 12.1. The summed E-state index contributed by atoms with van der Waals surface area (Å²) in [6.45, 7) is 5.57. The molecule has 7 heteroatoms. The lowest BCUT2D eigenvalue weighted by molar-refractivity contribution is 0.0311. The summed E-state index contributed by atoms with van der Waals surface area (Å²) in [7, 11) is 6.05. The normalized spacial score (nSPS) is 13.4. The molecule has 0 aliphatic rings. The third kappa shape index (κ3) is 3.10. The molecule has 0 aliphatic heterocycles. The van der Waals surface area contributed by atoms with Gasteiger partial charge in [0.05, 0.1) is 28.4 Å². The number of aryl methyl sites for hydroxylation is 1. The lowest BCUT2D eigenvalue weighted by atomic mass is 9.76. The summed E-state index contributed by atoms with van der Waals surface area (Å²) in [5, 5.41) is 23.2. The summed E-state index contributed by atoms with van der Waals surface area (Å²) in [5.41, 5.74) is -0.107. The highest BCUT2D eigenvalue weighted by Gasteiger charge is 2.41. The van der Waals surface area contributed by atoms with Crippen molar-refractivity contribution in [2.24, 2.45) is 5.92 Å².